The van der Waals surface area contributed by atoms with Crippen molar-refractivity contribution in [1.29, 1.82) is 0 Å². The fourth-order valence-electron chi connectivity index (χ4n) is 3.73. The van der Waals surface area contributed by atoms with Gasteiger partial charge in [0.15, 0.2) is 0 Å². The van der Waals surface area contributed by atoms with Crippen LogP contribution in [0.1, 0.15) is 35.4 Å². The van der Waals surface area contributed by atoms with Gasteiger partial charge >= 0.3 is 0 Å². The molecule has 3 rings (SSSR count). The fraction of sp³-hybridized carbons (Fsp3) is 0.545. The van der Waals surface area contributed by atoms with Gasteiger partial charge in [-0.15, -0.1) is 0 Å². The van der Waals surface area contributed by atoms with Crippen LogP contribution in [0.25, 0.3) is 0 Å². The molecule has 2 aromatic heterocycles. The Morgan fingerprint density at radius 1 is 1.21 bits per heavy atom. The predicted molar refractivity (Wildman–Crippen MR) is 114 cm³/mol. The van der Waals surface area contributed by atoms with Crippen LogP contribution in [0.15, 0.2) is 30.6 Å². The molecule has 1 aliphatic heterocycles. The van der Waals surface area contributed by atoms with Gasteiger partial charge in [0.05, 0.1) is 24.6 Å². The van der Waals surface area contributed by atoms with E-state index in [1.165, 1.54) is 16.8 Å². The summed E-state index contributed by atoms with van der Waals surface area (Å²) in [6, 6.07) is 6.71. The minimum Gasteiger partial charge on any atom is -0.378 e. The average molecular weight is 384 g/mol. The maximum absolute atomic E-state index is 5.77. The maximum atomic E-state index is 5.77. The monoisotopic (exact) mass is 383 g/mol. The van der Waals surface area contributed by atoms with Crippen molar-refractivity contribution in [3.05, 3.63) is 53.1 Å². The lowest BCUT2D eigenvalue weighted by Gasteiger charge is -2.30. The van der Waals surface area contributed by atoms with Crippen LogP contribution in [0.5, 0.6) is 0 Å². The van der Waals surface area contributed by atoms with Crippen molar-refractivity contribution in [2.75, 3.05) is 37.7 Å². The van der Waals surface area contributed by atoms with Gasteiger partial charge < -0.3 is 20.7 Å². The Balaban J connectivity index is 1.68. The largest absolute Gasteiger partial charge is 0.378 e. The molecule has 0 aliphatic carbocycles. The average Bonchev–Trinajstić information content (AvgIpc) is 2.72. The van der Waals surface area contributed by atoms with E-state index in [9.17, 15) is 0 Å². The summed E-state index contributed by atoms with van der Waals surface area (Å²) in [5, 5.41) is 3.72. The number of aryl methyl sites for hydroxylation is 2. The van der Waals surface area contributed by atoms with E-state index in [0.717, 1.165) is 63.5 Å². The van der Waals surface area contributed by atoms with Crippen LogP contribution < -0.4 is 16.0 Å². The number of anilines is 1. The van der Waals surface area contributed by atoms with Crippen LogP contribution in [-0.2, 0) is 17.7 Å². The van der Waals surface area contributed by atoms with E-state index < -0.39 is 0 Å². The van der Waals surface area contributed by atoms with E-state index >= 15 is 0 Å². The first-order chi connectivity index (χ1) is 13.7. The molecular formula is C22H33N5O. The van der Waals surface area contributed by atoms with Crippen molar-refractivity contribution in [3.8, 4) is 0 Å². The molecule has 0 amide bonds. The van der Waals surface area contributed by atoms with Gasteiger partial charge in [0.25, 0.3) is 0 Å². The second-order valence-electron chi connectivity index (χ2n) is 7.56. The number of hydrogen-bond acceptors (Lipinski definition) is 6. The number of ether oxygens (including phenoxy) is 1. The van der Waals surface area contributed by atoms with Crippen LogP contribution in [0.4, 0.5) is 5.69 Å². The Hall–Kier alpha value is -2.02. The molecule has 0 bridgehead atoms. The van der Waals surface area contributed by atoms with Gasteiger partial charge in [-0.25, -0.2) is 0 Å². The molecule has 6 heteroatoms. The Labute approximate surface area is 168 Å². The fourth-order valence-corrected chi connectivity index (χ4v) is 3.73. The molecule has 28 heavy (non-hydrogen) atoms. The number of nitrogens with two attached hydrogens (primary N) is 1. The highest BCUT2D eigenvalue weighted by molar-refractivity contribution is 5.50. The quantitative estimate of drug-likeness (QED) is 0.692. The first kappa shape index (κ1) is 20.7. The normalized spacial score (nSPS) is 15.6. The Bertz CT molecular complexity index is 745. The van der Waals surface area contributed by atoms with Gasteiger partial charge in [0.2, 0.25) is 0 Å². The molecule has 3 heterocycles. The number of pyridine rings is 2. The molecule has 0 aromatic carbocycles. The molecule has 0 radical (unpaired) electrons. The zero-order chi connectivity index (χ0) is 19.8. The molecule has 152 valence electrons. The van der Waals surface area contributed by atoms with Crippen LogP contribution in [0.2, 0.25) is 0 Å². The van der Waals surface area contributed by atoms with Crippen molar-refractivity contribution in [2.24, 2.45) is 5.73 Å². The highest BCUT2D eigenvalue weighted by Gasteiger charge is 2.17. The first-order valence-corrected chi connectivity index (χ1v) is 10.3. The summed E-state index contributed by atoms with van der Waals surface area (Å²) in [6.07, 6.45) is 6.78. The SMILES string of the molecule is Cc1cnc(CC(CCCN)NCc2ncccc2N2CCOCC2)c(C)c1. The molecule has 1 unspecified atom stereocenters. The van der Waals surface area contributed by atoms with Crippen LogP contribution in [-0.4, -0.2) is 48.9 Å². The Kier molecular flexibility index (Phi) is 7.77. The molecule has 1 aliphatic rings. The lowest BCUT2D eigenvalue weighted by molar-refractivity contribution is 0.122. The van der Waals surface area contributed by atoms with E-state index in [-0.39, 0.29) is 0 Å². The Morgan fingerprint density at radius 2 is 2.04 bits per heavy atom. The van der Waals surface area contributed by atoms with Crippen molar-refractivity contribution in [2.45, 2.75) is 45.7 Å². The lowest BCUT2D eigenvalue weighted by atomic mass is 10.0. The van der Waals surface area contributed by atoms with Gasteiger partial charge in [-0.3, -0.25) is 9.97 Å². The molecule has 6 nitrogen and oxygen atoms in total. The third-order valence-electron chi connectivity index (χ3n) is 5.30. The summed E-state index contributed by atoms with van der Waals surface area (Å²) in [6.45, 7) is 9.07. The summed E-state index contributed by atoms with van der Waals surface area (Å²) >= 11 is 0. The molecule has 1 atom stereocenters. The zero-order valence-electron chi connectivity index (χ0n) is 17.2. The standard InChI is InChI=1S/C22H33N5O/c1-17-13-18(2)20(26-15-17)14-19(5-3-7-23)25-16-21-22(6-4-8-24-21)27-9-11-28-12-10-27/h4,6,8,13,15,19,25H,3,5,7,9-12,14,16,23H2,1-2H3. The minimum absolute atomic E-state index is 0.331. The molecule has 0 saturated carbocycles. The molecular weight excluding hydrogens is 350 g/mol. The van der Waals surface area contributed by atoms with Crippen molar-refractivity contribution in [1.82, 2.24) is 15.3 Å². The summed E-state index contributed by atoms with van der Waals surface area (Å²) in [4.78, 5) is 11.7. The number of hydrogen-bond donors (Lipinski definition) is 2. The van der Waals surface area contributed by atoms with E-state index in [0.29, 0.717) is 12.6 Å². The summed E-state index contributed by atoms with van der Waals surface area (Å²) in [5.74, 6) is 0. The number of morpholine rings is 1. The summed E-state index contributed by atoms with van der Waals surface area (Å²) in [7, 11) is 0. The molecule has 3 N–H and O–H groups in total. The van der Waals surface area contributed by atoms with Crippen LogP contribution >= 0.6 is 0 Å². The highest BCUT2D eigenvalue weighted by atomic mass is 16.5. The zero-order valence-corrected chi connectivity index (χ0v) is 17.2. The van der Waals surface area contributed by atoms with E-state index in [1.807, 2.05) is 18.5 Å². The number of aromatic nitrogens is 2. The van der Waals surface area contributed by atoms with Crippen LogP contribution in [0.3, 0.4) is 0 Å². The molecule has 1 fully saturated rings. The maximum Gasteiger partial charge on any atom is 0.0774 e. The van der Waals surface area contributed by atoms with E-state index in [4.69, 9.17) is 10.5 Å². The second kappa shape index (κ2) is 10.5. The van der Waals surface area contributed by atoms with Crippen LogP contribution in [0, 0.1) is 13.8 Å². The van der Waals surface area contributed by atoms with Crippen molar-refractivity contribution in [3.63, 3.8) is 0 Å². The van der Waals surface area contributed by atoms with Gasteiger partial charge in [0, 0.05) is 50.2 Å². The van der Waals surface area contributed by atoms with Gasteiger partial charge in [-0.2, -0.15) is 0 Å². The van der Waals surface area contributed by atoms with Crippen molar-refractivity contribution < 1.29 is 4.74 Å². The minimum atomic E-state index is 0.331. The smallest absolute Gasteiger partial charge is 0.0774 e. The number of nitrogens with one attached hydrogen (secondary N) is 1. The third kappa shape index (κ3) is 5.74. The first-order valence-electron chi connectivity index (χ1n) is 10.3. The number of rotatable bonds is 9. The summed E-state index contributed by atoms with van der Waals surface area (Å²) < 4.78 is 5.49. The topological polar surface area (TPSA) is 76.3 Å². The summed E-state index contributed by atoms with van der Waals surface area (Å²) in [5.41, 5.74) is 11.7. The predicted octanol–water partition coefficient (Wildman–Crippen LogP) is 2.37. The second-order valence-corrected chi connectivity index (χ2v) is 7.56. The van der Waals surface area contributed by atoms with Gasteiger partial charge in [0.1, 0.15) is 0 Å². The lowest BCUT2D eigenvalue weighted by Crippen LogP contribution is -2.38. The van der Waals surface area contributed by atoms with Gasteiger partial charge in [-0.05, 0) is 56.5 Å². The molecule has 1 saturated heterocycles. The van der Waals surface area contributed by atoms with Crippen molar-refractivity contribution >= 4 is 5.69 Å². The number of nitrogens with zero attached hydrogens (tertiary/aromatic N) is 3. The molecule has 0 spiro atoms. The van der Waals surface area contributed by atoms with E-state index in [1.54, 1.807) is 0 Å². The molecule has 2 aromatic rings. The highest BCUT2D eigenvalue weighted by Crippen LogP contribution is 2.20. The van der Waals surface area contributed by atoms with E-state index in [2.05, 4.69) is 46.2 Å². The Morgan fingerprint density at radius 3 is 2.79 bits per heavy atom. The van der Waals surface area contributed by atoms with Gasteiger partial charge in [-0.1, -0.05) is 6.07 Å². The third-order valence-corrected chi connectivity index (χ3v) is 5.30.